The zero-order valence-electron chi connectivity index (χ0n) is 5.55. The zero-order chi connectivity index (χ0) is 5.98. The van der Waals surface area contributed by atoms with Crippen LogP contribution in [0.4, 0.5) is 0 Å². The van der Waals surface area contributed by atoms with Crippen LogP contribution in [-0.2, 0) is 4.74 Å². The van der Waals surface area contributed by atoms with Gasteiger partial charge in [-0.15, -0.1) is 0 Å². The molecule has 2 nitrogen and oxygen atoms in total. The first kappa shape index (κ1) is 6.05. The minimum atomic E-state index is 0.457. The van der Waals surface area contributed by atoms with Gasteiger partial charge in [-0.3, -0.25) is 0 Å². The summed E-state index contributed by atoms with van der Waals surface area (Å²) in [5, 5.41) is 2.30. The van der Waals surface area contributed by atoms with E-state index in [2.05, 4.69) is 19.2 Å². The summed E-state index contributed by atoms with van der Waals surface area (Å²) < 4.78 is 5.45. The van der Waals surface area contributed by atoms with Gasteiger partial charge in [-0.2, -0.15) is 0 Å². The summed E-state index contributed by atoms with van der Waals surface area (Å²) in [6.45, 7) is 6.49. The molecule has 0 bridgehead atoms. The van der Waals surface area contributed by atoms with Gasteiger partial charge in [-0.1, -0.05) is 0 Å². The molecule has 0 aromatic rings. The van der Waals surface area contributed by atoms with Crippen LogP contribution in [0.1, 0.15) is 13.8 Å². The molecular formula is C6H14NO+. The second kappa shape index (κ2) is 2.46. The molecule has 0 amide bonds. The molecule has 0 unspecified atom stereocenters. The summed E-state index contributed by atoms with van der Waals surface area (Å²) in [4.78, 5) is 0. The summed E-state index contributed by atoms with van der Waals surface area (Å²) in [6.07, 6.45) is 0.914. The molecule has 0 radical (unpaired) electrons. The average Bonchev–Trinajstić information content (AvgIpc) is 1.64. The Morgan fingerprint density at radius 2 is 1.75 bits per heavy atom. The van der Waals surface area contributed by atoms with Gasteiger partial charge >= 0.3 is 0 Å². The molecule has 1 fully saturated rings. The third-order valence-electron chi connectivity index (χ3n) is 1.46. The Hall–Kier alpha value is -0.0800. The molecule has 0 aromatic carbocycles. The molecule has 1 aliphatic rings. The Labute approximate surface area is 50.2 Å². The Bertz CT molecular complexity index is 66.9. The highest BCUT2D eigenvalue weighted by atomic mass is 16.5. The Morgan fingerprint density at radius 1 is 1.25 bits per heavy atom. The van der Waals surface area contributed by atoms with Gasteiger partial charge in [0.1, 0.15) is 25.3 Å². The highest BCUT2D eigenvalue weighted by molar-refractivity contribution is 4.55. The van der Waals surface area contributed by atoms with E-state index in [1.54, 1.807) is 0 Å². The predicted molar refractivity (Wildman–Crippen MR) is 31.7 cm³/mol. The summed E-state index contributed by atoms with van der Waals surface area (Å²) in [7, 11) is 0. The minimum absolute atomic E-state index is 0.457. The van der Waals surface area contributed by atoms with Gasteiger partial charge < -0.3 is 10.1 Å². The van der Waals surface area contributed by atoms with Gasteiger partial charge in [0.2, 0.25) is 0 Å². The summed E-state index contributed by atoms with van der Waals surface area (Å²) in [5.41, 5.74) is 0. The lowest BCUT2D eigenvalue weighted by molar-refractivity contribution is -0.683. The van der Waals surface area contributed by atoms with Gasteiger partial charge in [0.05, 0.1) is 0 Å². The molecule has 2 N–H and O–H groups in total. The van der Waals surface area contributed by atoms with E-state index in [4.69, 9.17) is 4.74 Å². The number of nitrogens with two attached hydrogens (primary N) is 1. The zero-order valence-corrected chi connectivity index (χ0v) is 5.55. The van der Waals surface area contributed by atoms with E-state index in [-0.39, 0.29) is 0 Å². The van der Waals surface area contributed by atoms with Crippen molar-refractivity contribution in [2.75, 3.05) is 13.1 Å². The number of quaternary nitrogens is 1. The van der Waals surface area contributed by atoms with Crippen LogP contribution in [0.3, 0.4) is 0 Å². The summed E-state index contributed by atoms with van der Waals surface area (Å²) in [6, 6.07) is 0. The average molecular weight is 116 g/mol. The molecule has 1 saturated heterocycles. The summed E-state index contributed by atoms with van der Waals surface area (Å²) in [5.74, 6) is 0. The van der Waals surface area contributed by atoms with Crippen LogP contribution in [0.25, 0.3) is 0 Å². The fraction of sp³-hybridized carbons (Fsp3) is 1.00. The molecule has 0 aliphatic carbocycles. The quantitative estimate of drug-likeness (QED) is 0.447. The van der Waals surface area contributed by atoms with Crippen molar-refractivity contribution in [1.82, 2.24) is 0 Å². The fourth-order valence-corrected chi connectivity index (χ4v) is 1.07. The SMILES string of the molecule is C[C@H]1C[NH2+]C[C@H](C)O1. The molecule has 1 aliphatic heterocycles. The predicted octanol–water partition coefficient (Wildman–Crippen LogP) is -0.643. The molecule has 2 heteroatoms. The molecule has 8 heavy (non-hydrogen) atoms. The minimum Gasteiger partial charge on any atom is -0.364 e. The Kier molecular flexibility index (Phi) is 1.86. The first-order chi connectivity index (χ1) is 3.79. The second-order valence-corrected chi connectivity index (χ2v) is 2.52. The van der Waals surface area contributed by atoms with E-state index in [1.807, 2.05) is 0 Å². The third-order valence-corrected chi connectivity index (χ3v) is 1.46. The molecule has 1 rings (SSSR count). The van der Waals surface area contributed by atoms with Crippen LogP contribution in [-0.4, -0.2) is 25.3 Å². The topological polar surface area (TPSA) is 25.8 Å². The number of ether oxygens (including phenoxy) is 1. The van der Waals surface area contributed by atoms with Crippen molar-refractivity contribution < 1.29 is 10.1 Å². The van der Waals surface area contributed by atoms with Crippen LogP contribution in [0, 0.1) is 0 Å². The lowest BCUT2D eigenvalue weighted by atomic mass is 10.3. The van der Waals surface area contributed by atoms with Crippen molar-refractivity contribution >= 4 is 0 Å². The maximum atomic E-state index is 5.45. The number of rotatable bonds is 0. The Balaban J connectivity index is 2.23. The van der Waals surface area contributed by atoms with Crippen LogP contribution < -0.4 is 5.32 Å². The summed E-state index contributed by atoms with van der Waals surface area (Å²) >= 11 is 0. The molecular weight excluding hydrogens is 102 g/mol. The van der Waals surface area contributed by atoms with Crippen molar-refractivity contribution in [3.05, 3.63) is 0 Å². The normalized spacial score (nSPS) is 39.8. The standard InChI is InChI=1S/C6H13NO/c1-5-3-7-4-6(2)8-5/h5-7H,3-4H2,1-2H3/p+1/t5-,6-/m0/s1. The number of morpholine rings is 1. The highest BCUT2D eigenvalue weighted by Gasteiger charge is 2.16. The van der Waals surface area contributed by atoms with Gasteiger partial charge in [0.25, 0.3) is 0 Å². The third kappa shape index (κ3) is 1.46. The van der Waals surface area contributed by atoms with Crippen LogP contribution in [0.15, 0.2) is 0 Å². The molecule has 0 aromatic heterocycles. The van der Waals surface area contributed by atoms with Crippen molar-refractivity contribution in [3.8, 4) is 0 Å². The molecule has 2 atom stereocenters. The van der Waals surface area contributed by atoms with E-state index < -0.39 is 0 Å². The fourth-order valence-electron chi connectivity index (χ4n) is 1.07. The molecule has 0 spiro atoms. The van der Waals surface area contributed by atoms with Crippen molar-refractivity contribution in [3.63, 3.8) is 0 Å². The van der Waals surface area contributed by atoms with E-state index >= 15 is 0 Å². The van der Waals surface area contributed by atoms with Crippen LogP contribution in [0.5, 0.6) is 0 Å². The highest BCUT2D eigenvalue weighted by Crippen LogP contribution is 1.95. The van der Waals surface area contributed by atoms with Gasteiger partial charge in [-0.05, 0) is 13.8 Å². The lowest BCUT2D eigenvalue weighted by Crippen LogP contribution is -2.90. The van der Waals surface area contributed by atoms with Crippen molar-refractivity contribution in [2.45, 2.75) is 26.1 Å². The van der Waals surface area contributed by atoms with E-state index in [0.717, 1.165) is 13.1 Å². The first-order valence-corrected chi connectivity index (χ1v) is 3.26. The smallest absolute Gasteiger partial charge is 0.104 e. The van der Waals surface area contributed by atoms with Crippen LogP contribution in [0.2, 0.25) is 0 Å². The lowest BCUT2D eigenvalue weighted by Gasteiger charge is -2.22. The maximum Gasteiger partial charge on any atom is 0.104 e. The number of hydrogen-bond acceptors (Lipinski definition) is 1. The van der Waals surface area contributed by atoms with E-state index in [0.29, 0.717) is 12.2 Å². The molecule has 1 heterocycles. The Morgan fingerprint density at radius 3 is 2.00 bits per heavy atom. The first-order valence-electron chi connectivity index (χ1n) is 3.26. The largest absolute Gasteiger partial charge is 0.364 e. The monoisotopic (exact) mass is 116 g/mol. The number of hydrogen-bond donors (Lipinski definition) is 1. The van der Waals surface area contributed by atoms with Crippen molar-refractivity contribution in [2.24, 2.45) is 0 Å². The van der Waals surface area contributed by atoms with Crippen molar-refractivity contribution in [1.29, 1.82) is 0 Å². The van der Waals surface area contributed by atoms with Gasteiger partial charge in [-0.25, -0.2) is 0 Å². The van der Waals surface area contributed by atoms with E-state index in [9.17, 15) is 0 Å². The van der Waals surface area contributed by atoms with Crippen LogP contribution >= 0.6 is 0 Å². The molecule has 48 valence electrons. The molecule has 0 saturated carbocycles. The van der Waals surface area contributed by atoms with E-state index in [1.165, 1.54) is 0 Å². The van der Waals surface area contributed by atoms with Gasteiger partial charge in [0, 0.05) is 0 Å². The van der Waals surface area contributed by atoms with Gasteiger partial charge in [0.15, 0.2) is 0 Å². The maximum absolute atomic E-state index is 5.45. The second-order valence-electron chi connectivity index (χ2n) is 2.52.